The monoisotopic (exact) mass is 307 g/mol. The third-order valence-corrected chi connectivity index (χ3v) is 4.26. The Morgan fingerprint density at radius 1 is 0.955 bits per heavy atom. The number of nitro benzene ring substituents is 1. The Kier molecular flexibility index (Phi) is 4.53. The molecule has 1 aromatic rings. The summed E-state index contributed by atoms with van der Waals surface area (Å²) in [6.45, 7) is 10.1. The van der Waals surface area contributed by atoms with Crippen LogP contribution in [0.3, 0.4) is 0 Å². The van der Waals surface area contributed by atoms with Crippen molar-refractivity contribution in [3.8, 4) is 5.75 Å². The van der Waals surface area contributed by atoms with Gasteiger partial charge in [-0.1, -0.05) is 12.1 Å². The molecule has 0 aromatic heterocycles. The van der Waals surface area contributed by atoms with Crippen molar-refractivity contribution in [3.63, 3.8) is 0 Å². The Hall–Kier alpha value is -1.74. The molecule has 8 heteroatoms. The molecule has 0 aliphatic carbocycles. The first-order valence-electron chi connectivity index (χ1n) is 7.52. The summed E-state index contributed by atoms with van der Waals surface area (Å²) >= 11 is 0. The molecular weight excluding hydrogens is 286 g/mol. The molecule has 0 spiro atoms. The predicted octanol–water partition coefficient (Wildman–Crippen LogP) is -1.68. The van der Waals surface area contributed by atoms with Crippen LogP contribution in [0.2, 0.25) is 0 Å². The normalized spacial score (nSPS) is 32.5. The van der Waals surface area contributed by atoms with Crippen LogP contribution in [0.5, 0.6) is 5.75 Å². The van der Waals surface area contributed by atoms with E-state index in [0.29, 0.717) is 0 Å². The van der Waals surface area contributed by atoms with Gasteiger partial charge in [-0.15, -0.1) is 5.75 Å². The first-order valence-corrected chi connectivity index (χ1v) is 7.52. The van der Waals surface area contributed by atoms with Crippen LogP contribution in [-0.4, -0.2) is 72.5 Å². The van der Waals surface area contributed by atoms with E-state index in [-0.39, 0.29) is 11.4 Å². The summed E-state index contributed by atoms with van der Waals surface area (Å²) in [5, 5.41) is 20.4. The minimum absolute atomic E-state index is 0.0559. The van der Waals surface area contributed by atoms with E-state index >= 15 is 0 Å². The molecule has 1 aromatic carbocycles. The fourth-order valence-corrected chi connectivity index (χ4v) is 3.16. The molecule has 1 N–H and O–H groups in total. The van der Waals surface area contributed by atoms with Gasteiger partial charge < -0.3 is 10.0 Å². The zero-order chi connectivity index (χ0) is 15.5. The van der Waals surface area contributed by atoms with Crippen LogP contribution in [0, 0.1) is 10.1 Å². The lowest BCUT2D eigenvalue weighted by Crippen LogP contribution is -3.14. The number of benzene rings is 1. The first-order chi connectivity index (χ1) is 10.6. The van der Waals surface area contributed by atoms with Crippen molar-refractivity contribution in [1.29, 1.82) is 0 Å². The van der Waals surface area contributed by atoms with E-state index in [0.717, 1.165) is 12.1 Å². The van der Waals surface area contributed by atoms with Gasteiger partial charge in [-0.2, -0.15) is 0 Å². The average Bonchev–Trinajstić information content (AvgIpc) is 2.94. The molecule has 8 nitrogen and oxygen atoms in total. The van der Waals surface area contributed by atoms with Crippen molar-refractivity contribution in [3.05, 3.63) is 34.4 Å². The summed E-state index contributed by atoms with van der Waals surface area (Å²) in [5.74, 6) is -0.217. The van der Waals surface area contributed by atoms with E-state index in [1.165, 1.54) is 65.0 Å². The zero-order valence-corrected chi connectivity index (χ0v) is 12.5. The van der Waals surface area contributed by atoms with E-state index in [1.54, 1.807) is 4.90 Å². The Balaban J connectivity index is 0.000000134. The molecule has 5 rings (SSSR count). The number of nitrogens with one attached hydrogen (secondary N) is 1. The maximum atomic E-state index is 10.4. The summed E-state index contributed by atoms with van der Waals surface area (Å²) in [5.41, 5.74) is -0.0559. The van der Waals surface area contributed by atoms with Gasteiger partial charge in [-0.25, -0.2) is 9.80 Å². The number of fused-ring (bicyclic) bond motifs is 2. The minimum Gasteiger partial charge on any atom is -0.872 e. The summed E-state index contributed by atoms with van der Waals surface area (Å²) in [4.78, 5) is 19.0. The zero-order valence-electron chi connectivity index (χ0n) is 12.5. The lowest BCUT2D eigenvalue weighted by Gasteiger charge is -2.26. The highest BCUT2D eigenvalue weighted by Gasteiger charge is 2.33. The van der Waals surface area contributed by atoms with Crippen LogP contribution >= 0.6 is 0 Å². The molecule has 2 atom stereocenters. The van der Waals surface area contributed by atoms with Crippen molar-refractivity contribution in [2.75, 3.05) is 52.9 Å². The lowest BCUT2D eigenvalue weighted by molar-refractivity contribution is -0.914. The topological polar surface area (TPSA) is 80.4 Å². The second-order valence-electron chi connectivity index (χ2n) is 6.03. The highest BCUT2D eigenvalue weighted by molar-refractivity contribution is 5.34. The summed E-state index contributed by atoms with van der Waals surface area (Å²) in [6, 6.07) is 4.70. The number of hydrogen-bond acceptors (Lipinski definition) is 6. The molecule has 4 heterocycles. The van der Waals surface area contributed by atoms with Gasteiger partial charge in [0.25, 0.3) is 5.69 Å². The summed E-state index contributed by atoms with van der Waals surface area (Å²) < 4.78 is 0. The molecule has 4 aliphatic rings. The number of hydrogen-bond donors (Lipinski definition) is 1. The van der Waals surface area contributed by atoms with Crippen LogP contribution in [0.4, 0.5) is 5.69 Å². The molecule has 0 saturated carbocycles. The van der Waals surface area contributed by atoms with Crippen LogP contribution in [0.15, 0.2) is 24.3 Å². The fourth-order valence-electron chi connectivity index (χ4n) is 3.16. The van der Waals surface area contributed by atoms with Gasteiger partial charge in [0.2, 0.25) is 0 Å². The number of rotatable bonds is 1. The molecule has 0 radical (unpaired) electrons. The van der Waals surface area contributed by atoms with Crippen molar-refractivity contribution in [2.45, 2.75) is 0 Å². The molecule has 120 valence electrons. The first kappa shape index (κ1) is 15.2. The van der Waals surface area contributed by atoms with Gasteiger partial charge in [-0.3, -0.25) is 15.0 Å². The minimum atomic E-state index is -0.542. The van der Waals surface area contributed by atoms with Crippen molar-refractivity contribution in [1.82, 2.24) is 14.7 Å². The number of non-ortho nitro benzene ring substituents is 1. The predicted molar refractivity (Wildman–Crippen MR) is 78.0 cm³/mol. The van der Waals surface area contributed by atoms with Gasteiger partial charge in [0, 0.05) is 25.2 Å². The molecule has 22 heavy (non-hydrogen) atoms. The van der Waals surface area contributed by atoms with Crippen molar-refractivity contribution >= 4 is 5.69 Å². The molecule has 0 amide bonds. The maximum absolute atomic E-state index is 10.4. The van der Waals surface area contributed by atoms with Crippen LogP contribution < -0.4 is 10.0 Å². The summed E-state index contributed by atoms with van der Waals surface area (Å²) in [7, 11) is 0. The van der Waals surface area contributed by atoms with Gasteiger partial charge in [0.1, 0.15) is 13.3 Å². The molecular formula is C14H21N5O3. The maximum Gasteiger partial charge on any atom is 0.269 e. The molecule has 2 unspecified atom stereocenters. The van der Waals surface area contributed by atoms with Crippen LogP contribution in [0.25, 0.3) is 0 Å². The van der Waals surface area contributed by atoms with E-state index < -0.39 is 4.92 Å². The fraction of sp³-hybridized carbons (Fsp3) is 0.571. The van der Waals surface area contributed by atoms with E-state index in [1.807, 2.05) is 0 Å². The van der Waals surface area contributed by atoms with E-state index in [2.05, 4.69) is 14.7 Å². The molecule has 4 bridgehead atoms. The smallest absolute Gasteiger partial charge is 0.269 e. The highest BCUT2D eigenvalue weighted by Crippen LogP contribution is 2.13. The van der Waals surface area contributed by atoms with Gasteiger partial charge in [-0.05, 0) is 0 Å². The molecule has 4 saturated heterocycles. The average molecular weight is 307 g/mol. The van der Waals surface area contributed by atoms with Gasteiger partial charge in [0.15, 0.2) is 0 Å². The number of quaternary nitrogens is 1. The van der Waals surface area contributed by atoms with Gasteiger partial charge in [0.05, 0.1) is 31.4 Å². The largest absolute Gasteiger partial charge is 0.872 e. The highest BCUT2D eigenvalue weighted by atomic mass is 16.6. The SMILES string of the molecule is C1C[NH+]2CN3CCN(CN1C3)C2.O=[N+]([O-])c1ccc([O-])cc1. The Morgan fingerprint density at radius 2 is 1.55 bits per heavy atom. The number of nitrogens with zero attached hydrogens (tertiary/aromatic N) is 4. The number of nitro groups is 1. The van der Waals surface area contributed by atoms with E-state index in [9.17, 15) is 15.2 Å². The second kappa shape index (κ2) is 6.57. The Bertz CT molecular complexity index is 476. The van der Waals surface area contributed by atoms with Crippen LogP contribution in [0.1, 0.15) is 0 Å². The van der Waals surface area contributed by atoms with Crippen LogP contribution in [-0.2, 0) is 0 Å². The quantitative estimate of drug-likeness (QED) is 0.493. The van der Waals surface area contributed by atoms with Gasteiger partial charge >= 0.3 is 0 Å². The second-order valence-corrected chi connectivity index (χ2v) is 6.03. The van der Waals surface area contributed by atoms with Crippen molar-refractivity contribution < 1.29 is 14.9 Å². The van der Waals surface area contributed by atoms with E-state index in [4.69, 9.17) is 0 Å². The standard InChI is InChI=1S/C8H16N4.C6H5NO3/c1-2-10-7-11-3-4-12(8-10)6-9(1)5-11;8-6-3-1-5(2-4-6)7(9)10/h1-8H2;1-4,8H. The molecule has 4 fully saturated rings. The third-order valence-electron chi connectivity index (χ3n) is 4.26. The Labute approximate surface area is 129 Å². The third kappa shape index (κ3) is 3.72. The molecule has 4 aliphatic heterocycles. The van der Waals surface area contributed by atoms with Crippen molar-refractivity contribution in [2.24, 2.45) is 0 Å². The lowest BCUT2D eigenvalue weighted by atomic mass is 10.3. The Morgan fingerprint density at radius 3 is 2.09 bits per heavy atom. The summed E-state index contributed by atoms with van der Waals surface area (Å²) in [6.07, 6.45) is 0.